The SMILES string of the molecule is CNC(C)CCc1ccc(OCOCC2CC2)cc1. The third kappa shape index (κ3) is 5.62. The van der Waals surface area contributed by atoms with Gasteiger partial charge in [0.15, 0.2) is 6.79 Å². The van der Waals surface area contributed by atoms with Crippen LogP contribution in [0, 0.1) is 5.92 Å². The summed E-state index contributed by atoms with van der Waals surface area (Å²) in [5.74, 6) is 1.68. The number of ether oxygens (including phenoxy) is 2. The molecule has 106 valence electrons. The van der Waals surface area contributed by atoms with Gasteiger partial charge in [0.1, 0.15) is 5.75 Å². The van der Waals surface area contributed by atoms with Crippen molar-refractivity contribution in [3.63, 3.8) is 0 Å². The molecule has 1 aliphatic rings. The molecule has 1 unspecified atom stereocenters. The highest BCUT2D eigenvalue weighted by molar-refractivity contribution is 5.27. The fourth-order valence-electron chi connectivity index (χ4n) is 1.89. The highest BCUT2D eigenvalue weighted by atomic mass is 16.7. The van der Waals surface area contributed by atoms with Crippen LogP contribution in [0.25, 0.3) is 0 Å². The van der Waals surface area contributed by atoms with Crippen molar-refractivity contribution in [2.75, 3.05) is 20.4 Å². The van der Waals surface area contributed by atoms with E-state index in [2.05, 4.69) is 24.4 Å². The normalized spacial score (nSPS) is 16.3. The van der Waals surface area contributed by atoms with Crippen molar-refractivity contribution < 1.29 is 9.47 Å². The van der Waals surface area contributed by atoms with E-state index in [-0.39, 0.29) is 0 Å². The van der Waals surface area contributed by atoms with Gasteiger partial charge in [0.05, 0.1) is 6.61 Å². The Morgan fingerprint density at radius 3 is 2.63 bits per heavy atom. The van der Waals surface area contributed by atoms with Crippen molar-refractivity contribution in [3.8, 4) is 5.75 Å². The van der Waals surface area contributed by atoms with Crippen LogP contribution in [0.4, 0.5) is 0 Å². The Bertz CT molecular complexity index is 360. The Balaban J connectivity index is 1.65. The fraction of sp³-hybridized carbons (Fsp3) is 0.625. The second-order valence-corrected chi connectivity index (χ2v) is 5.45. The summed E-state index contributed by atoms with van der Waals surface area (Å²) in [6, 6.07) is 8.89. The summed E-state index contributed by atoms with van der Waals surface area (Å²) >= 11 is 0. The number of aryl methyl sites for hydroxylation is 1. The smallest absolute Gasteiger partial charge is 0.189 e. The zero-order valence-electron chi connectivity index (χ0n) is 12.0. The minimum absolute atomic E-state index is 0.368. The van der Waals surface area contributed by atoms with E-state index in [1.807, 2.05) is 19.2 Å². The van der Waals surface area contributed by atoms with Crippen LogP contribution in [0.5, 0.6) is 5.75 Å². The lowest BCUT2D eigenvalue weighted by Gasteiger charge is -2.10. The molecule has 19 heavy (non-hydrogen) atoms. The average Bonchev–Trinajstić information content (AvgIpc) is 3.26. The largest absolute Gasteiger partial charge is 0.468 e. The van der Waals surface area contributed by atoms with Crippen LogP contribution in [-0.4, -0.2) is 26.5 Å². The Kier molecular flexibility index (Phi) is 5.67. The minimum Gasteiger partial charge on any atom is -0.468 e. The molecule has 0 saturated heterocycles. The van der Waals surface area contributed by atoms with Gasteiger partial charge >= 0.3 is 0 Å². The van der Waals surface area contributed by atoms with E-state index in [0.717, 1.165) is 31.1 Å². The average molecular weight is 263 g/mol. The number of nitrogens with one attached hydrogen (secondary N) is 1. The lowest BCUT2D eigenvalue weighted by atomic mass is 10.1. The predicted molar refractivity (Wildman–Crippen MR) is 77.5 cm³/mol. The molecule has 1 saturated carbocycles. The zero-order chi connectivity index (χ0) is 13.5. The number of hydrogen-bond acceptors (Lipinski definition) is 3. The molecule has 0 aromatic heterocycles. The Hall–Kier alpha value is -1.06. The zero-order valence-corrected chi connectivity index (χ0v) is 12.0. The van der Waals surface area contributed by atoms with Crippen LogP contribution < -0.4 is 10.1 Å². The molecule has 0 spiro atoms. The van der Waals surface area contributed by atoms with Crippen molar-refractivity contribution in [1.82, 2.24) is 5.32 Å². The minimum atomic E-state index is 0.368. The first-order valence-corrected chi connectivity index (χ1v) is 7.24. The van der Waals surface area contributed by atoms with E-state index < -0.39 is 0 Å². The standard InChI is InChI=1S/C16H25NO2/c1-13(17-2)3-4-14-7-9-16(10-8-14)19-12-18-11-15-5-6-15/h7-10,13,15,17H,3-6,11-12H2,1-2H3. The molecule has 2 rings (SSSR count). The van der Waals surface area contributed by atoms with E-state index in [4.69, 9.17) is 9.47 Å². The highest BCUT2D eigenvalue weighted by Gasteiger charge is 2.21. The second kappa shape index (κ2) is 7.51. The fourth-order valence-corrected chi connectivity index (χ4v) is 1.89. The van der Waals surface area contributed by atoms with E-state index in [9.17, 15) is 0 Å². The van der Waals surface area contributed by atoms with Crippen LogP contribution in [0.1, 0.15) is 31.7 Å². The van der Waals surface area contributed by atoms with Gasteiger partial charge in [0, 0.05) is 6.04 Å². The number of benzene rings is 1. The van der Waals surface area contributed by atoms with Crippen LogP contribution in [0.15, 0.2) is 24.3 Å². The van der Waals surface area contributed by atoms with Crippen molar-refractivity contribution in [2.45, 2.75) is 38.6 Å². The van der Waals surface area contributed by atoms with Crippen molar-refractivity contribution in [1.29, 1.82) is 0 Å². The summed E-state index contributed by atoms with van der Waals surface area (Å²) in [5.41, 5.74) is 1.35. The first-order chi connectivity index (χ1) is 9.28. The van der Waals surface area contributed by atoms with Gasteiger partial charge in [-0.3, -0.25) is 0 Å². The summed E-state index contributed by atoms with van der Waals surface area (Å²) in [5, 5.41) is 3.25. The summed E-state index contributed by atoms with van der Waals surface area (Å²) in [6.07, 6.45) is 4.89. The molecule has 1 fully saturated rings. The quantitative estimate of drug-likeness (QED) is 0.549. The molecular weight excluding hydrogens is 238 g/mol. The first-order valence-electron chi connectivity index (χ1n) is 7.24. The third-order valence-electron chi connectivity index (χ3n) is 3.64. The van der Waals surface area contributed by atoms with Gasteiger partial charge in [0.25, 0.3) is 0 Å². The van der Waals surface area contributed by atoms with Gasteiger partial charge in [-0.1, -0.05) is 12.1 Å². The summed E-state index contributed by atoms with van der Waals surface area (Å²) < 4.78 is 11.0. The highest BCUT2D eigenvalue weighted by Crippen LogP contribution is 2.28. The summed E-state index contributed by atoms with van der Waals surface area (Å²) in [4.78, 5) is 0. The van der Waals surface area contributed by atoms with Crippen molar-refractivity contribution >= 4 is 0 Å². The van der Waals surface area contributed by atoms with E-state index in [1.54, 1.807) is 0 Å². The van der Waals surface area contributed by atoms with Crippen LogP contribution in [0.2, 0.25) is 0 Å². The molecule has 3 heteroatoms. The molecule has 1 aliphatic carbocycles. The molecule has 0 aliphatic heterocycles. The summed E-state index contributed by atoms with van der Waals surface area (Å²) in [6.45, 7) is 3.42. The molecular formula is C16H25NO2. The van der Waals surface area contributed by atoms with Gasteiger partial charge in [-0.15, -0.1) is 0 Å². The first kappa shape index (κ1) is 14.4. The maximum Gasteiger partial charge on any atom is 0.189 e. The van der Waals surface area contributed by atoms with Gasteiger partial charge in [0.2, 0.25) is 0 Å². The molecule has 0 amide bonds. The van der Waals surface area contributed by atoms with Crippen molar-refractivity contribution in [3.05, 3.63) is 29.8 Å². The lowest BCUT2D eigenvalue weighted by molar-refractivity contribution is 0.00997. The topological polar surface area (TPSA) is 30.5 Å². The van der Waals surface area contributed by atoms with E-state index in [0.29, 0.717) is 12.8 Å². The number of hydrogen-bond donors (Lipinski definition) is 1. The molecule has 1 atom stereocenters. The molecule has 1 aromatic carbocycles. The maximum absolute atomic E-state index is 5.55. The molecule has 3 nitrogen and oxygen atoms in total. The van der Waals surface area contributed by atoms with Gasteiger partial charge in [-0.25, -0.2) is 0 Å². The van der Waals surface area contributed by atoms with Crippen LogP contribution in [-0.2, 0) is 11.2 Å². The second-order valence-electron chi connectivity index (χ2n) is 5.45. The van der Waals surface area contributed by atoms with E-state index >= 15 is 0 Å². The monoisotopic (exact) mass is 263 g/mol. The molecule has 0 bridgehead atoms. The molecule has 0 heterocycles. The predicted octanol–water partition coefficient (Wildman–Crippen LogP) is 2.99. The Morgan fingerprint density at radius 1 is 1.26 bits per heavy atom. The molecule has 1 N–H and O–H groups in total. The van der Waals surface area contributed by atoms with Crippen LogP contribution >= 0.6 is 0 Å². The Morgan fingerprint density at radius 2 is 2.00 bits per heavy atom. The maximum atomic E-state index is 5.55. The van der Waals surface area contributed by atoms with Crippen LogP contribution in [0.3, 0.4) is 0 Å². The summed E-state index contributed by atoms with van der Waals surface area (Å²) in [7, 11) is 2.00. The van der Waals surface area contributed by atoms with Crippen molar-refractivity contribution in [2.24, 2.45) is 5.92 Å². The van der Waals surface area contributed by atoms with Gasteiger partial charge in [-0.05, 0) is 63.3 Å². The third-order valence-corrected chi connectivity index (χ3v) is 3.64. The number of rotatable bonds is 9. The molecule has 0 radical (unpaired) electrons. The van der Waals surface area contributed by atoms with E-state index in [1.165, 1.54) is 18.4 Å². The van der Waals surface area contributed by atoms with Gasteiger partial charge in [-0.2, -0.15) is 0 Å². The Labute approximate surface area is 116 Å². The van der Waals surface area contributed by atoms with Gasteiger partial charge < -0.3 is 14.8 Å². The molecule has 1 aromatic rings. The lowest BCUT2D eigenvalue weighted by Crippen LogP contribution is -2.21.